The lowest BCUT2D eigenvalue weighted by Gasteiger charge is -2.32. The lowest BCUT2D eigenvalue weighted by atomic mass is 9.80. The summed E-state index contributed by atoms with van der Waals surface area (Å²) in [6.45, 7) is 2.02. The number of halogens is 1. The Morgan fingerprint density at radius 1 is 1.59 bits per heavy atom. The third-order valence-electron chi connectivity index (χ3n) is 3.26. The van der Waals surface area contributed by atoms with E-state index in [0.717, 1.165) is 0 Å². The number of nitrogens with one attached hydrogen (secondary N) is 1. The van der Waals surface area contributed by atoms with Crippen molar-refractivity contribution >= 4 is 23.1 Å². The third kappa shape index (κ3) is 2.66. The van der Waals surface area contributed by atoms with Crippen molar-refractivity contribution in [2.24, 2.45) is 5.92 Å². The Labute approximate surface area is 104 Å². The van der Waals surface area contributed by atoms with Crippen LogP contribution in [0.2, 0.25) is 5.15 Å². The first kappa shape index (κ1) is 12.1. The second kappa shape index (κ2) is 4.87. The summed E-state index contributed by atoms with van der Waals surface area (Å²) in [5, 5.41) is 14.2. The first-order valence-corrected chi connectivity index (χ1v) is 6.03. The first-order valence-electron chi connectivity index (χ1n) is 5.65. The average molecular weight is 256 g/mol. The Kier molecular flexibility index (Phi) is 3.47. The molecule has 1 atom stereocenters. The van der Waals surface area contributed by atoms with Crippen molar-refractivity contribution in [3.8, 4) is 0 Å². The number of anilines is 1. The van der Waals surface area contributed by atoms with Gasteiger partial charge in [0.1, 0.15) is 5.15 Å². The SMILES string of the molecule is CC(Nc1nc(Cl)ccc1[N+](=O)[O-])C1CCC1. The number of nitrogens with zero attached hydrogens (tertiary/aromatic N) is 2. The van der Waals surface area contributed by atoms with E-state index in [4.69, 9.17) is 11.6 Å². The van der Waals surface area contributed by atoms with Crippen LogP contribution < -0.4 is 5.32 Å². The highest BCUT2D eigenvalue weighted by Gasteiger charge is 2.26. The summed E-state index contributed by atoms with van der Waals surface area (Å²) in [5.41, 5.74) is -0.0272. The molecule has 92 valence electrons. The molecule has 0 aliphatic heterocycles. The number of hydrogen-bond acceptors (Lipinski definition) is 4. The van der Waals surface area contributed by atoms with Crippen molar-refractivity contribution in [3.63, 3.8) is 0 Å². The van der Waals surface area contributed by atoms with Gasteiger partial charge in [0.25, 0.3) is 0 Å². The largest absolute Gasteiger partial charge is 0.362 e. The number of pyridine rings is 1. The third-order valence-corrected chi connectivity index (χ3v) is 3.47. The molecule has 1 heterocycles. The molecule has 5 nitrogen and oxygen atoms in total. The molecule has 1 N–H and O–H groups in total. The number of hydrogen-bond donors (Lipinski definition) is 1. The van der Waals surface area contributed by atoms with E-state index in [1.165, 1.54) is 31.4 Å². The number of nitro groups is 1. The Morgan fingerprint density at radius 3 is 2.82 bits per heavy atom. The maximum Gasteiger partial charge on any atom is 0.311 e. The minimum Gasteiger partial charge on any atom is -0.362 e. The highest BCUT2D eigenvalue weighted by atomic mass is 35.5. The van der Waals surface area contributed by atoms with Crippen molar-refractivity contribution in [2.75, 3.05) is 5.32 Å². The van der Waals surface area contributed by atoms with Gasteiger partial charge in [-0.25, -0.2) is 4.98 Å². The summed E-state index contributed by atoms with van der Waals surface area (Å²) in [4.78, 5) is 14.4. The zero-order chi connectivity index (χ0) is 12.4. The van der Waals surface area contributed by atoms with E-state index in [1.54, 1.807) is 0 Å². The van der Waals surface area contributed by atoms with Gasteiger partial charge >= 0.3 is 5.69 Å². The van der Waals surface area contributed by atoms with Crippen LogP contribution in [-0.4, -0.2) is 15.9 Å². The van der Waals surface area contributed by atoms with E-state index in [-0.39, 0.29) is 22.7 Å². The van der Waals surface area contributed by atoms with Gasteiger partial charge in [-0.05, 0) is 31.7 Å². The molecule has 1 aliphatic carbocycles. The summed E-state index contributed by atoms with van der Waals surface area (Å²) in [6.07, 6.45) is 3.58. The zero-order valence-corrected chi connectivity index (χ0v) is 10.3. The molecule has 2 rings (SSSR count). The molecule has 1 unspecified atom stereocenters. The molecule has 0 aromatic carbocycles. The van der Waals surface area contributed by atoms with Gasteiger partial charge in [0, 0.05) is 12.1 Å². The minimum absolute atomic E-state index is 0.0272. The van der Waals surface area contributed by atoms with Gasteiger partial charge in [-0.3, -0.25) is 10.1 Å². The Hall–Kier alpha value is -1.36. The smallest absolute Gasteiger partial charge is 0.311 e. The summed E-state index contributed by atoms with van der Waals surface area (Å²) in [6, 6.07) is 3.00. The fourth-order valence-electron chi connectivity index (χ4n) is 1.95. The summed E-state index contributed by atoms with van der Waals surface area (Å²) < 4.78 is 0. The molecule has 17 heavy (non-hydrogen) atoms. The van der Waals surface area contributed by atoms with E-state index in [9.17, 15) is 10.1 Å². The standard InChI is InChI=1S/C11H14ClN3O2/c1-7(8-3-2-4-8)13-11-9(15(16)17)5-6-10(12)14-11/h5-8H,2-4H2,1H3,(H,13,14). The molecule has 6 heteroatoms. The molecular weight excluding hydrogens is 242 g/mol. The van der Waals surface area contributed by atoms with E-state index in [0.29, 0.717) is 5.92 Å². The Balaban J connectivity index is 2.17. The van der Waals surface area contributed by atoms with Crippen molar-refractivity contribution in [1.82, 2.24) is 4.98 Å². The molecule has 1 aromatic rings. The zero-order valence-electron chi connectivity index (χ0n) is 9.52. The Morgan fingerprint density at radius 2 is 2.29 bits per heavy atom. The van der Waals surface area contributed by atoms with Crippen LogP contribution in [0, 0.1) is 16.0 Å². The maximum absolute atomic E-state index is 10.9. The molecule has 1 aliphatic rings. The maximum atomic E-state index is 10.9. The minimum atomic E-state index is -0.445. The number of rotatable bonds is 4. The molecule has 0 saturated heterocycles. The molecular formula is C11H14ClN3O2. The first-order chi connectivity index (χ1) is 8.08. The second-order valence-electron chi connectivity index (χ2n) is 4.38. The van der Waals surface area contributed by atoms with Crippen LogP contribution in [0.15, 0.2) is 12.1 Å². The van der Waals surface area contributed by atoms with Gasteiger partial charge in [0.05, 0.1) is 4.92 Å². The van der Waals surface area contributed by atoms with Crippen LogP contribution in [0.4, 0.5) is 11.5 Å². The van der Waals surface area contributed by atoms with E-state index in [1.807, 2.05) is 6.92 Å². The number of aromatic nitrogens is 1. The van der Waals surface area contributed by atoms with Crippen molar-refractivity contribution in [2.45, 2.75) is 32.2 Å². The van der Waals surface area contributed by atoms with Gasteiger partial charge in [0.15, 0.2) is 0 Å². The van der Waals surface area contributed by atoms with Crippen molar-refractivity contribution in [3.05, 3.63) is 27.4 Å². The van der Waals surface area contributed by atoms with Gasteiger partial charge < -0.3 is 5.32 Å². The monoisotopic (exact) mass is 255 g/mol. The predicted molar refractivity (Wildman–Crippen MR) is 66.3 cm³/mol. The van der Waals surface area contributed by atoms with Crippen LogP contribution >= 0.6 is 11.6 Å². The van der Waals surface area contributed by atoms with E-state index < -0.39 is 4.92 Å². The molecule has 0 radical (unpaired) electrons. The van der Waals surface area contributed by atoms with Crippen LogP contribution in [0.5, 0.6) is 0 Å². The Bertz CT molecular complexity index is 435. The van der Waals surface area contributed by atoms with Crippen LogP contribution in [-0.2, 0) is 0 Å². The van der Waals surface area contributed by atoms with Crippen LogP contribution in [0.1, 0.15) is 26.2 Å². The van der Waals surface area contributed by atoms with Gasteiger partial charge in [0.2, 0.25) is 5.82 Å². The van der Waals surface area contributed by atoms with Gasteiger partial charge in [-0.15, -0.1) is 0 Å². The fraction of sp³-hybridized carbons (Fsp3) is 0.545. The molecule has 1 saturated carbocycles. The van der Waals surface area contributed by atoms with Gasteiger partial charge in [-0.1, -0.05) is 18.0 Å². The molecule has 0 bridgehead atoms. The predicted octanol–water partition coefficient (Wildman–Crippen LogP) is 3.24. The summed E-state index contributed by atoms with van der Waals surface area (Å²) >= 11 is 5.76. The lowest BCUT2D eigenvalue weighted by Crippen LogP contribution is -2.31. The fourth-order valence-corrected chi connectivity index (χ4v) is 2.10. The van der Waals surface area contributed by atoms with Crippen molar-refractivity contribution in [1.29, 1.82) is 0 Å². The molecule has 1 aromatic heterocycles. The quantitative estimate of drug-likeness (QED) is 0.509. The van der Waals surface area contributed by atoms with Crippen LogP contribution in [0.3, 0.4) is 0 Å². The van der Waals surface area contributed by atoms with Gasteiger partial charge in [-0.2, -0.15) is 0 Å². The highest BCUT2D eigenvalue weighted by molar-refractivity contribution is 6.29. The van der Waals surface area contributed by atoms with E-state index >= 15 is 0 Å². The topological polar surface area (TPSA) is 68.1 Å². The summed E-state index contributed by atoms with van der Waals surface area (Å²) in [5.74, 6) is 0.845. The average Bonchev–Trinajstić information content (AvgIpc) is 2.13. The van der Waals surface area contributed by atoms with Crippen molar-refractivity contribution < 1.29 is 4.92 Å². The second-order valence-corrected chi connectivity index (χ2v) is 4.77. The van der Waals surface area contributed by atoms with E-state index in [2.05, 4.69) is 10.3 Å². The molecule has 0 amide bonds. The lowest BCUT2D eigenvalue weighted by molar-refractivity contribution is -0.384. The molecule has 1 fully saturated rings. The van der Waals surface area contributed by atoms with Crippen LogP contribution in [0.25, 0.3) is 0 Å². The summed E-state index contributed by atoms with van der Waals surface area (Å²) in [7, 11) is 0. The highest BCUT2D eigenvalue weighted by Crippen LogP contribution is 2.32. The molecule has 0 spiro atoms. The normalized spacial score (nSPS) is 17.3.